The Balaban J connectivity index is 2.34. The van der Waals surface area contributed by atoms with E-state index >= 15 is 0 Å². The van der Waals surface area contributed by atoms with Gasteiger partial charge < -0.3 is 4.90 Å². The van der Waals surface area contributed by atoms with Gasteiger partial charge in [-0.15, -0.1) is 0 Å². The van der Waals surface area contributed by atoms with Gasteiger partial charge in [-0.3, -0.25) is 0 Å². The van der Waals surface area contributed by atoms with Crippen LogP contribution in [0.5, 0.6) is 0 Å². The van der Waals surface area contributed by atoms with Crippen LogP contribution in [-0.2, 0) is 11.5 Å². The molecule has 0 spiro atoms. The van der Waals surface area contributed by atoms with Crippen LogP contribution >= 0.6 is 15.9 Å². The van der Waals surface area contributed by atoms with E-state index in [-0.39, 0.29) is 5.41 Å². The molecule has 2 rings (SSSR count). The highest BCUT2D eigenvalue weighted by molar-refractivity contribution is 9.08. The first-order chi connectivity index (χ1) is 9.73. The van der Waals surface area contributed by atoms with Gasteiger partial charge in [-0.25, -0.2) is 0 Å². The first-order valence-corrected chi connectivity index (χ1v) is 8.36. The minimum atomic E-state index is -4.31. The fourth-order valence-electron chi connectivity index (χ4n) is 2.83. The molecule has 0 radical (unpaired) electrons. The summed E-state index contributed by atoms with van der Waals surface area (Å²) in [5.74, 6) is 0. The predicted molar refractivity (Wildman–Crippen MR) is 83.9 cm³/mol. The molecule has 0 unspecified atom stereocenters. The number of rotatable bonds is 2. The van der Waals surface area contributed by atoms with E-state index in [0.29, 0.717) is 29.7 Å². The second-order valence-corrected chi connectivity index (χ2v) is 7.05. The summed E-state index contributed by atoms with van der Waals surface area (Å²) in [5.41, 5.74) is 0.674. The van der Waals surface area contributed by atoms with Crippen LogP contribution in [0, 0.1) is 5.41 Å². The van der Waals surface area contributed by atoms with Gasteiger partial charge in [-0.1, -0.05) is 35.8 Å². The van der Waals surface area contributed by atoms with Gasteiger partial charge in [0.25, 0.3) is 0 Å². The molecule has 1 fully saturated rings. The van der Waals surface area contributed by atoms with E-state index in [1.54, 1.807) is 12.1 Å². The van der Waals surface area contributed by atoms with Crippen LogP contribution in [0.2, 0.25) is 0 Å². The quantitative estimate of drug-likeness (QED) is 0.616. The Kier molecular flexibility index (Phi) is 4.91. The van der Waals surface area contributed by atoms with Crippen LogP contribution in [0.25, 0.3) is 0 Å². The lowest BCUT2D eigenvalue weighted by Gasteiger charge is -2.27. The molecule has 21 heavy (non-hydrogen) atoms. The summed E-state index contributed by atoms with van der Waals surface area (Å²) in [6.45, 7) is 5.76. The molecule has 1 nitrogen and oxygen atoms in total. The highest BCUT2D eigenvalue weighted by Crippen LogP contribution is 2.39. The minimum absolute atomic E-state index is 0.211. The van der Waals surface area contributed by atoms with E-state index in [1.807, 2.05) is 4.90 Å². The van der Waals surface area contributed by atoms with Crippen LogP contribution < -0.4 is 4.90 Å². The zero-order valence-corrected chi connectivity index (χ0v) is 14.0. The number of hydrogen-bond donors (Lipinski definition) is 0. The monoisotopic (exact) mass is 363 g/mol. The normalized spacial score (nSPS) is 19.4. The molecule has 0 bridgehead atoms. The summed E-state index contributed by atoms with van der Waals surface area (Å²) in [6.07, 6.45) is -1.39. The van der Waals surface area contributed by atoms with Crippen LogP contribution in [0.1, 0.15) is 44.2 Å². The van der Waals surface area contributed by atoms with E-state index in [9.17, 15) is 13.2 Å². The van der Waals surface area contributed by atoms with Crippen molar-refractivity contribution >= 4 is 21.6 Å². The molecule has 5 heteroatoms. The zero-order chi connectivity index (χ0) is 15.7. The average Bonchev–Trinajstić information content (AvgIpc) is 2.58. The third-order valence-corrected chi connectivity index (χ3v) is 4.85. The van der Waals surface area contributed by atoms with E-state index < -0.39 is 11.7 Å². The lowest BCUT2D eigenvalue weighted by molar-refractivity contribution is -0.137. The molecular weight excluding hydrogens is 343 g/mol. The van der Waals surface area contributed by atoms with Gasteiger partial charge in [-0.05, 0) is 42.4 Å². The summed E-state index contributed by atoms with van der Waals surface area (Å²) in [4.78, 5) is 1.90. The molecule has 1 heterocycles. The maximum atomic E-state index is 13.3. The number of halogens is 4. The fraction of sp³-hybridized carbons (Fsp3) is 0.625. The molecule has 1 aromatic carbocycles. The number of alkyl halides is 4. The van der Waals surface area contributed by atoms with E-state index in [0.717, 1.165) is 19.3 Å². The van der Waals surface area contributed by atoms with Gasteiger partial charge >= 0.3 is 6.18 Å². The van der Waals surface area contributed by atoms with Gasteiger partial charge in [0.05, 0.1) is 5.56 Å². The lowest BCUT2D eigenvalue weighted by Crippen LogP contribution is -2.27. The number of hydrogen-bond acceptors (Lipinski definition) is 1. The fourth-order valence-corrected chi connectivity index (χ4v) is 3.18. The van der Waals surface area contributed by atoms with E-state index in [2.05, 4.69) is 29.8 Å². The van der Waals surface area contributed by atoms with Crippen LogP contribution in [-0.4, -0.2) is 13.1 Å². The molecule has 0 aromatic heterocycles. The van der Waals surface area contributed by atoms with Crippen molar-refractivity contribution in [3.63, 3.8) is 0 Å². The number of benzene rings is 1. The minimum Gasteiger partial charge on any atom is -0.371 e. The largest absolute Gasteiger partial charge is 0.418 e. The summed E-state index contributed by atoms with van der Waals surface area (Å²) in [6, 6.07) is 4.66. The van der Waals surface area contributed by atoms with Gasteiger partial charge in [0, 0.05) is 24.1 Å². The van der Waals surface area contributed by atoms with Crippen LogP contribution in [0.3, 0.4) is 0 Å². The Hall–Kier alpha value is -0.710. The zero-order valence-electron chi connectivity index (χ0n) is 12.4. The Morgan fingerprint density at radius 3 is 2.52 bits per heavy atom. The molecule has 1 saturated heterocycles. The number of anilines is 1. The van der Waals surface area contributed by atoms with Gasteiger partial charge in [-0.2, -0.15) is 13.2 Å². The second-order valence-electron chi connectivity index (χ2n) is 6.49. The Morgan fingerprint density at radius 2 is 1.90 bits per heavy atom. The first-order valence-electron chi connectivity index (χ1n) is 7.24. The smallest absolute Gasteiger partial charge is 0.371 e. The molecule has 0 aliphatic carbocycles. The topological polar surface area (TPSA) is 3.24 Å². The van der Waals surface area contributed by atoms with Crippen molar-refractivity contribution in [1.29, 1.82) is 0 Å². The van der Waals surface area contributed by atoms with Crippen molar-refractivity contribution in [2.75, 3.05) is 18.0 Å². The highest BCUT2D eigenvalue weighted by atomic mass is 79.9. The van der Waals surface area contributed by atoms with E-state index in [4.69, 9.17) is 0 Å². The molecular formula is C16H21BrF3N. The van der Waals surface area contributed by atoms with Crippen molar-refractivity contribution in [2.45, 2.75) is 44.6 Å². The molecule has 1 aromatic rings. The third kappa shape index (κ3) is 4.15. The van der Waals surface area contributed by atoms with E-state index in [1.165, 1.54) is 6.07 Å². The van der Waals surface area contributed by atoms with Crippen molar-refractivity contribution in [2.24, 2.45) is 5.41 Å². The first kappa shape index (κ1) is 16.7. The maximum Gasteiger partial charge on any atom is 0.418 e. The van der Waals surface area contributed by atoms with Crippen molar-refractivity contribution in [1.82, 2.24) is 0 Å². The lowest BCUT2D eigenvalue weighted by atomic mass is 9.85. The SMILES string of the molecule is CC1(C)CCCN(c2ccc(CBr)cc2C(F)(F)F)CC1. The number of nitrogens with zero attached hydrogens (tertiary/aromatic N) is 1. The summed E-state index contributed by atoms with van der Waals surface area (Å²) >= 11 is 3.23. The van der Waals surface area contributed by atoms with Gasteiger partial charge in [0.2, 0.25) is 0 Å². The van der Waals surface area contributed by atoms with Crippen molar-refractivity contribution in [3.8, 4) is 0 Å². The highest BCUT2D eigenvalue weighted by Gasteiger charge is 2.36. The molecule has 0 amide bonds. The Labute approximate surface area is 132 Å². The summed E-state index contributed by atoms with van der Waals surface area (Å²) in [5, 5.41) is 0.434. The van der Waals surface area contributed by atoms with Crippen LogP contribution in [0.4, 0.5) is 18.9 Å². The molecule has 1 aliphatic heterocycles. The van der Waals surface area contributed by atoms with Gasteiger partial charge in [0.1, 0.15) is 0 Å². The van der Waals surface area contributed by atoms with Crippen LogP contribution in [0.15, 0.2) is 18.2 Å². The molecule has 0 saturated carbocycles. The standard InChI is InChI=1S/C16H21BrF3N/c1-15(2)6-3-8-21(9-7-15)14-5-4-12(11-17)10-13(14)16(18,19)20/h4-5,10H,3,6-9,11H2,1-2H3. The predicted octanol–water partition coefficient (Wildman–Crippen LogP) is 5.62. The van der Waals surface area contributed by atoms with Crippen molar-refractivity contribution < 1.29 is 13.2 Å². The molecule has 118 valence electrons. The van der Waals surface area contributed by atoms with Gasteiger partial charge in [0.15, 0.2) is 0 Å². The van der Waals surface area contributed by atoms with Crippen molar-refractivity contribution in [3.05, 3.63) is 29.3 Å². The third-order valence-electron chi connectivity index (χ3n) is 4.20. The molecule has 1 aliphatic rings. The average molecular weight is 364 g/mol. The Morgan fingerprint density at radius 1 is 1.19 bits per heavy atom. The Bertz CT molecular complexity index is 497. The summed E-state index contributed by atoms with van der Waals surface area (Å²) in [7, 11) is 0. The maximum absolute atomic E-state index is 13.3. The second kappa shape index (κ2) is 6.19. The molecule has 0 atom stereocenters. The molecule has 0 N–H and O–H groups in total. The summed E-state index contributed by atoms with van der Waals surface area (Å²) < 4.78 is 40.0.